The molecule has 0 aromatic heterocycles. The molecule has 3 rings (SSSR count). The lowest BCUT2D eigenvalue weighted by molar-refractivity contribution is 0.0178. The first-order valence-corrected chi connectivity index (χ1v) is 10.2. The summed E-state index contributed by atoms with van der Waals surface area (Å²) in [5.41, 5.74) is 2.60. The zero-order valence-electron chi connectivity index (χ0n) is 17.9. The van der Waals surface area contributed by atoms with Gasteiger partial charge in [0.1, 0.15) is 5.60 Å². The van der Waals surface area contributed by atoms with Crippen molar-refractivity contribution in [2.24, 2.45) is 0 Å². The summed E-state index contributed by atoms with van der Waals surface area (Å²) in [4.78, 5) is 15.0. The first kappa shape index (κ1) is 21.4. The van der Waals surface area contributed by atoms with Crippen molar-refractivity contribution in [3.05, 3.63) is 114 Å². The third-order valence-electron chi connectivity index (χ3n) is 4.57. The standard InChI is InChI=1S/C27H29NO2/c1-27(2,3)30-26(29)28(21-23-15-9-5-10-16-23)25(24-17-11-6-12-18-24)20-19-22-13-7-4-8-14-22/h4-20,25H,21H2,1-3H3/b20-19+. The van der Waals surface area contributed by atoms with Gasteiger partial charge in [0.2, 0.25) is 0 Å². The van der Waals surface area contributed by atoms with E-state index in [-0.39, 0.29) is 12.1 Å². The van der Waals surface area contributed by atoms with E-state index in [1.165, 1.54) is 0 Å². The Kier molecular flexibility index (Phi) is 7.08. The van der Waals surface area contributed by atoms with Crippen molar-refractivity contribution in [2.45, 2.75) is 39.0 Å². The van der Waals surface area contributed by atoms with Crippen molar-refractivity contribution in [1.29, 1.82) is 0 Å². The molecule has 0 aliphatic heterocycles. The molecule has 0 radical (unpaired) electrons. The van der Waals surface area contributed by atoms with Gasteiger partial charge < -0.3 is 4.74 Å². The molecule has 154 valence electrons. The van der Waals surface area contributed by atoms with Crippen molar-refractivity contribution in [3.8, 4) is 0 Å². The zero-order valence-corrected chi connectivity index (χ0v) is 17.9. The molecule has 0 fully saturated rings. The lowest BCUT2D eigenvalue weighted by Crippen LogP contribution is -2.38. The summed E-state index contributed by atoms with van der Waals surface area (Å²) < 4.78 is 5.78. The molecule has 0 N–H and O–H groups in total. The number of nitrogens with zero attached hydrogens (tertiary/aromatic N) is 1. The quantitative estimate of drug-likeness (QED) is 0.452. The Morgan fingerprint density at radius 3 is 1.97 bits per heavy atom. The van der Waals surface area contributed by atoms with Gasteiger partial charge in [-0.3, -0.25) is 4.90 Å². The van der Waals surface area contributed by atoms with Crippen LogP contribution in [0.25, 0.3) is 6.08 Å². The van der Waals surface area contributed by atoms with E-state index in [4.69, 9.17) is 4.74 Å². The third-order valence-corrected chi connectivity index (χ3v) is 4.57. The third kappa shape index (κ3) is 6.35. The van der Waals surface area contributed by atoms with Crippen molar-refractivity contribution in [2.75, 3.05) is 0 Å². The van der Waals surface area contributed by atoms with Gasteiger partial charge in [-0.25, -0.2) is 4.79 Å². The van der Waals surface area contributed by atoms with Crippen LogP contribution in [-0.4, -0.2) is 16.6 Å². The van der Waals surface area contributed by atoms with Crippen molar-refractivity contribution < 1.29 is 9.53 Å². The molecule has 3 aromatic rings. The second-order valence-corrected chi connectivity index (χ2v) is 8.22. The normalized spacial score (nSPS) is 12.5. The Morgan fingerprint density at radius 2 is 1.40 bits per heavy atom. The molecule has 0 spiro atoms. The average Bonchev–Trinajstić information content (AvgIpc) is 2.74. The van der Waals surface area contributed by atoms with E-state index in [0.29, 0.717) is 6.54 Å². The van der Waals surface area contributed by atoms with Crippen molar-refractivity contribution in [1.82, 2.24) is 4.90 Å². The number of carbonyl (C=O) groups is 1. The van der Waals surface area contributed by atoms with Gasteiger partial charge in [-0.1, -0.05) is 103 Å². The number of rotatable bonds is 6. The number of amides is 1. The highest BCUT2D eigenvalue weighted by molar-refractivity contribution is 5.70. The summed E-state index contributed by atoms with van der Waals surface area (Å²) in [5, 5.41) is 0. The fourth-order valence-electron chi connectivity index (χ4n) is 3.19. The fraction of sp³-hybridized carbons (Fsp3) is 0.222. The molecule has 3 aromatic carbocycles. The van der Waals surface area contributed by atoms with Crippen LogP contribution in [0.4, 0.5) is 4.79 Å². The molecular formula is C27H29NO2. The molecule has 0 saturated carbocycles. The second-order valence-electron chi connectivity index (χ2n) is 8.22. The van der Waals surface area contributed by atoms with Crippen LogP contribution < -0.4 is 0 Å². The number of hydrogen-bond acceptors (Lipinski definition) is 2. The Balaban J connectivity index is 2.00. The van der Waals surface area contributed by atoms with Gasteiger partial charge in [-0.15, -0.1) is 0 Å². The van der Waals surface area contributed by atoms with E-state index in [2.05, 4.69) is 12.2 Å². The molecular weight excluding hydrogens is 370 g/mol. The summed E-state index contributed by atoms with van der Waals surface area (Å²) in [7, 11) is 0. The minimum absolute atomic E-state index is 0.263. The van der Waals surface area contributed by atoms with Crippen LogP contribution in [0.5, 0.6) is 0 Å². The average molecular weight is 400 g/mol. The van der Waals surface area contributed by atoms with E-state index in [0.717, 1.165) is 16.7 Å². The lowest BCUT2D eigenvalue weighted by atomic mass is 10.0. The van der Waals surface area contributed by atoms with Gasteiger partial charge in [-0.2, -0.15) is 0 Å². The molecule has 1 atom stereocenters. The molecule has 0 aliphatic carbocycles. The van der Waals surface area contributed by atoms with Gasteiger partial charge in [0.25, 0.3) is 0 Å². The maximum Gasteiger partial charge on any atom is 0.411 e. The van der Waals surface area contributed by atoms with Crippen molar-refractivity contribution in [3.63, 3.8) is 0 Å². The largest absolute Gasteiger partial charge is 0.444 e. The summed E-state index contributed by atoms with van der Waals surface area (Å²) >= 11 is 0. The van der Waals surface area contributed by atoms with E-state index in [9.17, 15) is 4.79 Å². The van der Waals surface area contributed by atoms with E-state index in [1.807, 2.05) is 112 Å². The Hall–Kier alpha value is -3.33. The molecule has 0 bridgehead atoms. The van der Waals surface area contributed by atoms with Crippen LogP contribution in [0, 0.1) is 0 Å². The monoisotopic (exact) mass is 399 g/mol. The van der Waals surface area contributed by atoms with Crippen LogP contribution >= 0.6 is 0 Å². The minimum Gasteiger partial charge on any atom is -0.444 e. The summed E-state index contributed by atoms with van der Waals surface area (Å²) in [6, 6.07) is 29.9. The Labute approximate surface area is 179 Å². The molecule has 3 nitrogen and oxygen atoms in total. The minimum atomic E-state index is -0.573. The van der Waals surface area contributed by atoms with Gasteiger partial charge in [0, 0.05) is 6.54 Å². The highest BCUT2D eigenvalue weighted by Gasteiger charge is 2.28. The Bertz CT molecular complexity index is 944. The highest BCUT2D eigenvalue weighted by Crippen LogP contribution is 2.27. The number of carbonyl (C=O) groups excluding carboxylic acids is 1. The van der Waals surface area contributed by atoms with Gasteiger partial charge >= 0.3 is 6.09 Å². The van der Waals surface area contributed by atoms with Crippen molar-refractivity contribution >= 4 is 12.2 Å². The van der Waals surface area contributed by atoms with Crippen LogP contribution in [0.1, 0.15) is 43.5 Å². The van der Waals surface area contributed by atoms with Crippen LogP contribution in [0.15, 0.2) is 97.1 Å². The van der Waals surface area contributed by atoms with Crippen LogP contribution in [-0.2, 0) is 11.3 Å². The van der Waals surface area contributed by atoms with Crippen LogP contribution in [0.2, 0.25) is 0 Å². The molecule has 0 aliphatic rings. The van der Waals surface area contributed by atoms with Gasteiger partial charge in [0.15, 0.2) is 0 Å². The Morgan fingerprint density at radius 1 is 0.867 bits per heavy atom. The molecule has 1 unspecified atom stereocenters. The van der Waals surface area contributed by atoms with Gasteiger partial charge in [-0.05, 0) is 37.5 Å². The molecule has 1 amide bonds. The van der Waals surface area contributed by atoms with E-state index < -0.39 is 5.60 Å². The predicted octanol–water partition coefficient (Wildman–Crippen LogP) is 6.88. The second kappa shape index (κ2) is 9.93. The maximum atomic E-state index is 13.3. The topological polar surface area (TPSA) is 29.5 Å². The zero-order chi connectivity index (χ0) is 21.4. The van der Waals surface area contributed by atoms with Crippen LogP contribution in [0.3, 0.4) is 0 Å². The SMILES string of the molecule is CC(C)(C)OC(=O)N(Cc1ccccc1)C(/C=C/c1ccccc1)c1ccccc1. The fourth-order valence-corrected chi connectivity index (χ4v) is 3.19. The molecule has 3 heteroatoms. The predicted molar refractivity (Wildman–Crippen MR) is 123 cm³/mol. The summed E-state index contributed by atoms with van der Waals surface area (Å²) in [6.45, 7) is 6.13. The van der Waals surface area contributed by atoms with E-state index in [1.54, 1.807) is 4.90 Å². The first-order chi connectivity index (χ1) is 14.4. The number of benzene rings is 3. The van der Waals surface area contributed by atoms with E-state index >= 15 is 0 Å². The molecule has 0 saturated heterocycles. The maximum absolute atomic E-state index is 13.3. The summed E-state index contributed by atoms with van der Waals surface area (Å²) in [5.74, 6) is 0. The number of ether oxygens (including phenoxy) is 1. The lowest BCUT2D eigenvalue weighted by Gasteiger charge is -2.32. The first-order valence-electron chi connectivity index (χ1n) is 10.2. The van der Waals surface area contributed by atoms with Gasteiger partial charge in [0.05, 0.1) is 6.04 Å². The number of hydrogen-bond donors (Lipinski definition) is 0. The molecule has 30 heavy (non-hydrogen) atoms. The highest BCUT2D eigenvalue weighted by atomic mass is 16.6. The molecule has 0 heterocycles. The summed E-state index contributed by atoms with van der Waals surface area (Å²) in [6.07, 6.45) is 3.79. The smallest absolute Gasteiger partial charge is 0.411 e.